The maximum atomic E-state index is 2.38. The maximum absolute atomic E-state index is 2.38. The second-order valence-corrected chi connectivity index (χ2v) is 5.31. The van der Waals surface area contributed by atoms with Gasteiger partial charge >= 0.3 is 78.2 Å². The summed E-state index contributed by atoms with van der Waals surface area (Å²) in [5.41, 5.74) is 0. The van der Waals surface area contributed by atoms with Gasteiger partial charge in [-0.2, -0.15) is 0 Å². The zero-order valence-corrected chi connectivity index (χ0v) is 9.72. The Morgan fingerprint density at radius 1 is 0.909 bits per heavy atom. The Balaban J connectivity index is 3.13. The third-order valence-electron chi connectivity index (χ3n) is 2.53. The minimum atomic E-state index is 0.750. The van der Waals surface area contributed by atoms with E-state index in [1.807, 2.05) is 0 Å². The Morgan fingerprint density at radius 2 is 1.27 bits per heavy atom. The molecule has 0 amide bonds. The van der Waals surface area contributed by atoms with Crippen molar-refractivity contribution in [2.24, 2.45) is 11.8 Å². The van der Waals surface area contributed by atoms with Gasteiger partial charge in [0.25, 0.3) is 0 Å². The average molecular weight is 169 g/mol. The van der Waals surface area contributed by atoms with Gasteiger partial charge in [0.15, 0.2) is 0 Å². The summed E-state index contributed by atoms with van der Waals surface area (Å²) in [5.74, 6) is 1.96. The van der Waals surface area contributed by atoms with Crippen molar-refractivity contribution >= 4 is 15.2 Å². The molecule has 0 aromatic rings. The van der Waals surface area contributed by atoms with Gasteiger partial charge in [-0.05, 0) is 0 Å². The molecule has 0 spiro atoms. The first kappa shape index (κ1) is 11.5. The van der Waals surface area contributed by atoms with Crippen molar-refractivity contribution in [3.8, 4) is 0 Å². The fourth-order valence-electron chi connectivity index (χ4n) is 0.999. The molecule has 0 saturated heterocycles. The van der Waals surface area contributed by atoms with E-state index >= 15 is 0 Å². The monoisotopic (exact) mass is 169 g/mol. The molecule has 0 nitrogen and oxygen atoms in total. The molecule has 0 aliphatic carbocycles. The predicted molar refractivity (Wildman–Crippen MR) is 54.3 cm³/mol. The molecular weight excluding hydrogens is 147 g/mol. The van der Waals surface area contributed by atoms with Crippen LogP contribution >= 0.6 is 0 Å². The van der Waals surface area contributed by atoms with Gasteiger partial charge in [0, 0.05) is 0 Å². The number of rotatable bonds is 6. The van der Waals surface area contributed by atoms with Crippen molar-refractivity contribution in [1.82, 2.24) is 0 Å². The Morgan fingerprint density at radius 3 is 1.55 bits per heavy atom. The molecule has 0 aliphatic rings. The molecule has 0 rings (SSSR count). The van der Waals surface area contributed by atoms with Crippen LogP contribution in [-0.2, 0) is 0 Å². The van der Waals surface area contributed by atoms with Gasteiger partial charge in [0.1, 0.15) is 0 Å². The molecule has 0 fully saturated rings. The van der Waals surface area contributed by atoms with E-state index in [-0.39, 0.29) is 0 Å². The molecule has 0 radical (unpaired) electrons. The van der Waals surface area contributed by atoms with Gasteiger partial charge in [-0.1, -0.05) is 0 Å². The molecule has 1 heteroatoms. The van der Waals surface area contributed by atoms with Crippen LogP contribution in [0.15, 0.2) is 0 Å². The summed E-state index contributed by atoms with van der Waals surface area (Å²) in [5, 5.41) is 3.03. The third kappa shape index (κ3) is 6.91. The molecule has 64 valence electrons. The molecule has 0 aromatic heterocycles. The van der Waals surface area contributed by atoms with Crippen molar-refractivity contribution in [3.63, 3.8) is 0 Å². The van der Waals surface area contributed by atoms with Crippen LogP contribution in [0.4, 0.5) is 0 Å². The summed E-state index contributed by atoms with van der Waals surface area (Å²) in [6.45, 7) is 9.36. The quantitative estimate of drug-likeness (QED) is 0.533. The van der Waals surface area contributed by atoms with Crippen molar-refractivity contribution < 1.29 is 0 Å². The molecule has 0 N–H and O–H groups in total. The van der Waals surface area contributed by atoms with E-state index in [4.69, 9.17) is 0 Å². The molecule has 11 heavy (non-hydrogen) atoms. The van der Waals surface area contributed by atoms with E-state index in [0.29, 0.717) is 0 Å². The Bertz CT molecular complexity index is 70.9. The molecule has 0 aromatic carbocycles. The third-order valence-corrected chi connectivity index (χ3v) is 4.81. The fourth-order valence-corrected chi connectivity index (χ4v) is 3.00. The summed E-state index contributed by atoms with van der Waals surface area (Å²) in [6, 6.07) is 0. The second-order valence-electron chi connectivity index (χ2n) is 3.79. The molecule has 0 aliphatic heterocycles. The number of hydrogen-bond acceptors (Lipinski definition) is 0. The van der Waals surface area contributed by atoms with Gasteiger partial charge < -0.3 is 0 Å². The van der Waals surface area contributed by atoms with E-state index < -0.39 is 0 Å². The van der Waals surface area contributed by atoms with Crippen LogP contribution in [0.5, 0.6) is 0 Å². The van der Waals surface area contributed by atoms with E-state index in [9.17, 15) is 0 Å². The molecule has 2 atom stereocenters. The van der Waals surface area contributed by atoms with Crippen LogP contribution in [0.3, 0.4) is 0 Å². The molecule has 0 bridgehead atoms. The Labute approximate surface area is 78.5 Å². The van der Waals surface area contributed by atoms with Crippen LogP contribution in [0.25, 0.3) is 0 Å². The Hall–Kier alpha value is 0.532. The first-order valence-corrected chi connectivity index (χ1v) is 6.65. The second kappa shape index (κ2) is 7.20. The van der Waals surface area contributed by atoms with Gasteiger partial charge in [0.2, 0.25) is 0 Å². The molecule has 0 heterocycles. The normalized spacial score (nSPS) is 15.6. The zero-order chi connectivity index (χ0) is 8.69. The summed E-state index contributed by atoms with van der Waals surface area (Å²) in [6.07, 6.45) is 2.74. The van der Waals surface area contributed by atoms with Crippen molar-refractivity contribution in [3.05, 3.63) is 0 Å². The summed E-state index contributed by atoms with van der Waals surface area (Å²) in [4.78, 5) is 0. The topological polar surface area (TPSA) is 0 Å². The molecule has 0 saturated carbocycles. The van der Waals surface area contributed by atoms with Crippen LogP contribution in [0.1, 0.15) is 40.5 Å². The summed E-state index contributed by atoms with van der Waals surface area (Å²) >= 11 is 0.750. The van der Waals surface area contributed by atoms with Crippen LogP contribution in [0.2, 0.25) is 10.6 Å². The van der Waals surface area contributed by atoms with E-state index in [0.717, 1.165) is 27.1 Å². The number of hydrogen-bond donors (Lipinski definition) is 0. The first-order valence-electron chi connectivity index (χ1n) is 5.02. The minimum absolute atomic E-state index is 0.750. The Kier molecular flexibility index (Phi) is 7.54. The van der Waals surface area contributed by atoms with Gasteiger partial charge in [-0.15, -0.1) is 0 Å². The predicted octanol–water partition coefficient (Wildman–Crippen LogP) is 3.62. The van der Waals surface area contributed by atoms with E-state index in [1.54, 1.807) is 0 Å². The van der Waals surface area contributed by atoms with Crippen LogP contribution < -0.4 is 0 Å². The van der Waals surface area contributed by atoms with Gasteiger partial charge in [-0.3, -0.25) is 0 Å². The van der Waals surface area contributed by atoms with Crippen molar-refractivity contribution in [1.29, 1.82) is 0 Å². The zero-order valence-electron chi connectivity index (χ0n) is 8.56. The standard InChI is InChI=1S/2C5H11.Al/c2*1-4-5(2)3;/h2*5H,2,4H2,1,3H3;/q;;+1. The summed E-state index contributed by atoms with van der Waals surface area (Å²) < 4.78 is 0. The van der Waals surface area contributed by atoms with Gasteiger partial charge in [0.05, 0.1) is 0 Å². The van der Waals surface area contributed by atoms with Gasteiger partial charge in [-0.25, -0.2) is 0 Å². The average Bonchev–Trinajstić information content (AvgIpc) is 2.04. The molecular formula is C10H22Al+. The SMILES string of the molecule is CCC(C)[CH2][Al+][CH2]C(C)CC. The van der Waals surface area contributed by atoms with E-state index in [2.05, 4.69) is 27.7 Å². The fraction of sp³-hybridized carbons (Fsp3) is 1.00. The molecule has 2 unspecified atom stereocenters. The van der Waals surface area contributed by atoms with Crippen LogP contribution in [0, 0.1) is 11.8 Å². The van der Waals surface area contributed by atoms with Crippen LogP contribution in [-0.4, -0.2) is 15.2 Å². The van der Waals surface area contributed by atoms with E-state index in [1.165, 1.54) is 23.4 Å². The van der Waals surface area contributed by atoms with Crippen molar-refractivity contribution in [2.45, 2.75) is 51.1 Å². The summed E-state index contributed by atoms with van der Waals surface area (Å²) in [7, 11) is 0. The van der Waals surface area contributed by atoms with Crippen molar-refractivity contribution in [2.75, 3.05) is 0 Å². The first-order chi connectivity index (χ1) is 5.20.